The average Bonchev–Trinajstić information content (AvgIpc) is 2.96. The Labute approximate surface area is 95.3 Å². The van der Waals surface area contributed by atoms with Crippen molar-refractivity contribution >= 4 is 0 Å². The fraction of sp³-hybridized carbons (Fsp3) is 0.818. The lowest BCUT2D eigenvalue weighted by atomic mass is 10.0. The minimum atomic E-state index is -0.338. The molecule has 1 heterocycles. The zero-order chi connectivity index (χ0) is 11.6. The first kappa shape index (κ1) is 11.5. The Bertz CT molecular complexity index is 345. The van der Waals surface area contributed by atoms with Gasteiger partial charge in [-0.15, -0.1) is 0 Å². The molecule has 0 unspecified atom stereocenters. The molecule has 0 amide bonds. The summed E-state index contributed by atoms with van der Waals surface area (Å²) in [5, 5.41) is 4.02. The van der Waals surface area contributed by atoms with Crippen LogP contribution in [0.15, 0.2) is 4.52 Å². The Balaban J connectivity index is 2.23. The second kappa shape index (κ2) is 4.51. The molecular weight excluding hydrogens is 206 g/mol. The van der Waals surface area contributed by atoms with Crippen molar-refractivity contribution in [2.45, 2.75) is 50.7 Å². The molecule has 0 spiro atoms. The summed E-state index contributed by atoms with van der Waals surface area (Å²) in [4.78, 5) is 4.38. The quantitative estimate of drug-likeness (QED) is 0.847. The van der Waals surface area contributed by atoms with Crippen molar-refractivity contribution in [1.82, 2.24) is 10.1 Å². The van der Waals surface area contributed by atoms with Crippen LogP contribution in [0, 0.1) is 0 Å². The van der Waals surface area contributed by atoms with Gasteiger partial charge in [0.15, 0.2) is 0 Å². The Morgan fingerprint density at radius 2 is 2.19 bits per heavy atom. The minimum absolute atomic E-state index is 0.170. The zero-order valence-corrected chi connectivity index (χ0v) is 9.90. The van der Waals surface area contributed by atoms with Gasteiger partial charge in [0, 0.05) is 7.11 Å². The van der Waals surface area contributed by atoms with Gasteiger partial charge in [0.2, 0.25) is 11.7 Å². The Morgan fingerprint density at radius 1 is 1.50 bits per heavy atom. The predicted octanol–water partition coefficient (Wildman–Crippen LogP) is 1.90. The van der Waals surface area contributed by atoms with E-state index in [0.29, 0.717) is 11.7 Å². The second-order valence-electron chi connectivity index (χ2n) is 4.38. The van der Waals surface area contributed by atoms with Crippen LogP contribution in [-0.2, 0) is 10.3 Å². The molecule has 90 valence electrons. The van der Waals surface area contributed by atoms with Crippen molar-refractivity contribution in [2.75, 3.05) is 7.11 Å². The maximum Gasteiger partial charge on any atom is 0.243 e. The minimum Gasteiger partial charge on any atom is -0.370 e. The van der Waals surface area contributed by atoms with E-state index in [4.69, 9.17) is 15.0 Å². The summed E-state index contributed by atoms with van der Waals surface area (Å²) in [7, 11) is 1.71. The van der Waals surface area contributed by atoms with Crippen LogP contribution in [0.25, 0.3) is 0 Å². The maximum absolute atomic E-state index is 5.85. The standard InChI is InChI=1S/C11H19N3O2/c1-3-8(12)9-13-10(14-16-9)11(15-2)6-4-5-7-11/h8H,3-7,12H2,1-2H3/t8-/m0/s1. The zero-order valence-electron chi connectivity index (χ0n) is 9.90. The van der Waals surface area contributed by atoms with Crippen molar-refractivity contribution < 1.29 is 9.26 Å². The molecular formula is C11H19N3O2. The molecule has 5 heteroatoms. The number of hydrogen-bond donors (Lipinski definition) is 1. The molecule has 2 N–H and O–H groups in total. The lowest BCUT2D eigenvalue weighted by molar-refractivity contribution is -0.0178. The topological polar surface area (TPSA) is 74.2 Å². The summed E-state index contributed by atoms with van der Waals surface area (Å²) in [5.41, 5.74) is 5.52. The summed E-state index contributed by atoms with van der Waals surface area (Å²) >= 11 is 0. The molecule has 0 bridgehead atoms. The van der Waals surface area contributed by atoms with Crippen LogP contribution in [0.5, 0.6) is 0 Å². The van der Waals surface area contributed by atoms with E-state index in [-0.39, 0.29) is 11.6 Å². The highest BCUT2D eigenvalue weighted by atomic mass is 16.5. The normalized spacial score (nSPS) is 21.2. The summed E-state index contributed by atoms with van der Waals surface area (Å²) in [6.45, 7) is 2.00. The summed E-state index contributed by atoms with van der Waals surface area (Å²) in [6, 6.07) is -0.170. The van der Waals surface area contributed by atoms with Crippen LogP contribution in [0.2, 0.25) is 0 Å². The SMILES string of the molecule is CC[C@H](N)c1nc(C2(OC)CCCC2)no1. The van der Waals surface area contributed by atoms with E-state index in [9.17, 15) is 0 Å². The maximum atomic E-state index is 5.85. The van der Waals surface area contributed by atoms with Gasteiger partial charge >= 0.3 is 0 Å². The van der Waals surface area contributed by atoms with Gasteiger partial charge in [0.25, 0.3) is 0 Å². The molecule has 0 saturated heterocycles. The van der Waals surface area contributed by atoms with Gasteiger partial charge in [0.1, 0.15) is 5.60 Å². The number of nitrogens with two attached hydrogens (primary N) is 1. The lowest BCUT2D eigenvalue weighted by Gasteiger charge is -2.22. The van der Waals surface area contributed by atoms with Gasteiger partial charge in [-0.25, -0.2) is 0 Å². The third kappa shape index (κ3) is 1.85. The molecule has 16 heavy (non-hydrogen) atoms. The highest BCUT2D eigenvalue weighted by molar-refractivity contribution is 5.05. The van der Waals surface area contributed by atoms with Gasteiger partial charge in [-0.2, -0.15) is 4.98 Å². The van der Waals surface area contributed by atoms with E-state index < -0.39 is 0 Å². The molecule has 1 aliphatic carbocycles. The Morgan fingerprint density at radius 3 is 2.75 bits per heavy atom. The molecule has 5 nitrogen and oxygen atoms in total. The first-order chi connectivity index (χ1) is 7.72. The number of rotatable bonds is 4. The van der Waals surface area contributed by atoms with Crippen LogP contribution in [-0.4, -0.2) is 17.3 Å². The van der Waals surface area contributed by atoms with Crippen LogP contribution in [0.1, 0.15) is 56.8 Å². The molecule has 2 rings (SSSR count). The monoisotopic (exact) mass is 225 g/mol. The second-order valence-corrected chi connectivity index (χ2v) is 4.38. The largest absolute Gasteiger partial charge is 0.370 e. The van der Waals surface area contributed by atoms with Crippen LogP contribution in [0.4, 0.5) is 0 Å². The van der Waals surface area contributed by atoms with Crippen molar-refractivity contribution in [1.29, 1.82) is 0 Å². The van der Waals surface area contributed by atoms with Crippen molar-refractivity contribution in [3.05, 3.63) is 11.7 Å². The van der Waals surface area contributed by atoms with E-state index in [0.717, 1.165) is 32.1 Å². The van der Waals surface area contributed by atoms with E-state index in [1.165, 1.54) is 0 Å². The number of hydrogen-bond acceptors (Lipinski definition) is 5. The molecule has 0 aromatic carbocycles. The molecule has 1 aromatic rings. The lowest BCUT2D eigenvalue weighted by Crippen LogP contribution is -2.26. The molecule has 0 aliphatic heterocycles. The van der Waals surface area contributed by atoms with Crippen molar-refractivity contribution in [3.63, 3.8) is 0 Å². The first-order valence-corrected chi connectivity index (χ1v) is 5.86. The Kier molecular flexibility index (Phi) is 3.25. The van der Waals surface area contributed by atoms with Crippen LogP contribution in [0.3, 0.4) is 0 Å². The smallest absolute Gasteiger partial charge is 0.243 e. The first-order valence-electron chi connectivity index (χ1n) is 5.86. The van der Waals surface area contributed by atoms with E-state index in [2.05, 4.69) is 10.1 Å². The van der Waals surface area contributed by atoms with Gasteiger partial charge in [-0.1, -0.05) is 12.1 Å². The molecule has 1 fully saturated rings. The number of aromatic nitrogens is 2. The molecule has 1 saturated carbocycles. The van der Waals surface area contributed by atoms with Gasteiger partial charge < -0.3 is 15.0 Å². The van der Waals surface area contributed by atoms with Crippen LogP contribution >= 0.6 is 0 Å². The van der Waals surface area contributed by atoms with E-state index in [1.54, 1.807) is 7.11 Å². The fourth-order valence-electron chi connectivity index (χ4n) is 2.21. The molecule has 1 aliphatic rings. The molecule has 0 radical (unpaired) electrons. The molecule has 1 atom stereocenters. The van der Waals surface area contributed by atoms with Crippen molar-refractivity contribution in [2.24, 2.45) is 5.73 Å². The summed E-state index contributed by atoms with van der Waals surface area (Å²) in [5.74, 6) is 1.17. The predicted molar refractivity (Wildman–Crippen MR) is 58.7 cm³/mol. The Hall–Kier alpha value is -0.940. The van der Waals surface area contributed by atoms with Crippen molar-refractivity contribution in [3.8, 4) is 0 Å². The van der Waals surface area contributed by atoms with Gasteiger partial charge in [-0.05, 0) is 32.1 Å². The van der Waals surface area contributed by atoms with E-state index >= 15 is 0 Å². The number of methoxy groups -OCH3 is 1. The van der Waals surface area contributed by atoms with Crippen LogP contribution < -0.4 is 5.73 Å². The van der Waals surface area contributed by atoms with Gasteiger partial charge in [0.05, 0.1) is 6.04 Å². The summed E-state index contributed by atoms with van der Waals surface area (Å²) < 4.78 is 10.8. The third-order valence-electron chi connectivity index (χ3n) is 3.41. The van der Waals surface area contributed by atoms with E-state index in [1.807, 2.05) is 6.92 Å². The van der Waals surface area contributed by atoms with Gasteiger partial charge in [-0.3, -0.25) is 0 Å². The highest BCUT2D eigenvalue weighted by Gasteiger charge is 2.40. The molecule has 1 aromatic heterocycles. The summed E-state index contributed by atoms with van der Waals surface area (Å²) in [6.07, 6.45) is 5.02. The average molecular weight is 225 g/mol. The number of nitrogens with zero attached hydrogens (tertiary/aromatic N) is 2. The third-order valence-corrected chi connectivity index (χ3v) is 3.41. The fourth-order valence-corrected chi connectivity index (χ4v) is 2.21. The number of ether oxygens (including phenoxy) is 1. The highest BCUT2D eigenvalue weighted by Crippen LogP contribution is 2.40.